The van der Waals surface area contributed by atoms with E-state index in [4.69, 9.17) is 0 Å². The number of allylic oxidation sites excluding steroid dienone is 1. The molecule has 0 aliphatic heterocycles. The average molecular weight is 163 g/mol. The Morgan fingerprint density at radius 2 is 2.43 bits per heavy atom. The van der Waals surface area contributed by atoms with Crippen LogP contribution >= 0.6 is 15.9 Å². The first-order valence-electron chi connectivity index (χ1n) is 2.52. The van der Waals surface area contributed by atoms with Crippen LogP contribution in [-0.2, 0) is 0 Å². The molecule has 42 valence electrons. The van der Waals surface area contributed by atoms with E-state index in [0.29, 0.717) is 4.83 Å². The van der Waals surface area contributed by atoms with E-state index in [1.54, 1.807) is 0 Å². The van der Waals surface area contributed by atoms with Gasteiger partial charge in [0.15, 0.2) is 0 Å². The van der Waals surface area contributed by atoms with E-state index >= 15 is 0 Å². The van der Waals surface area contributed by atoms with Gasteiger partial charge in [0.1, 0.15) is 0 Å². The monoisotopic (exact) mass is 162 g/mol. The van der Waals surface area contributed by atoms with Gasteiger partial charge >= 0.3 is 0 Å². The smallest absolute Gasteiger partial charge is 0.0120 e. The summed E-state index contributed by atoms with van der Waals surface area (Å²) in [5.41, 5.74) is 0. The molecule has 0 amide bonds. The molecule has 0 saturated carbocycles. The zero-order valence-corrected chi connectivity index (χ0v) is 6.24. The Hall–Kier alpha value is 0.220. The Morgan fingerprint density at radius 1 is 1.86 bits per heavy atom. The van der Waals surface area contributed by atoms with E-state index in [1.807, 2.05) is 6.08 Å². The maximum Gasteiger partial charge on any atom is 0.0120 e. The van der Waals surface area contributed by atoms with Gasteiger partial charge in [-0.1, -0.05) is 28.9 Å². The molecule has 0 rings (SSSR count). The summed E-state index contributed by atoms with van der Waals surface area (Å²) in [6, 6.07) is 0. The molecule has 0 aromatic heterocycles. The Morgan fingerprint density at radius 3 is 2.57 bits per heavy atom. The van der Waals surface area contributed by atoms with Crippen molar-refractivity contribution < 1.29 is 0 Å². The summed E-state index contributed by atoms with van der Waals surface area (Å²) in [5.74, 6) is 0. The minimum atomic E-state index is 0.644. The van der Waals surface area contributed by atoms with Gasteiger partial charge in [-0.3, -0.25) is 0 Å². The summed E-state index contributed by atoms with van der Waals surface area (Å²) < 4.78 is 0. The lowest BCUT2D eigenvalue weighted by Crippen LogP contribution is -1.85. The van der Waals surface area contributed by atoms with Gasteiger partial charge in [-0.05, 0) is 12.8 Å². The molecule has 1 atom stereocenters. The standard InChI is InChI=1S/C6H11Br/c1-3-4-5-6(2)7/h3,6H,1,4-5H2,2H3. The fourth-order valence-corrected chi connectivity index (χ4v) is 0.612. The highest BCUT2D eigenvalue weighted by molar-refractivity contribution is 9.09. The fraction of sp³-hybridized carbons (Fsp3) is 0.667. The lowest BCUT2D eigenvalue weighted by molar-refractivity contribution is 0.845. The van der Waals surface area contributed by atoms with Gasteiger partial charge in [0, 0.05) is 4.83 Å². The molecule has 0 aliphatic carbocycles. The van der Waals surface area contributed by atoms with Crippen LogP contribution in [0.5, 0.6) is 0 Å². The summed E-state index contributed by atoms with van der Waals surface area (Å²) in [6.07, 6.45) is 4.26. The van der Waals surface area contributed by atoms with Crippen molar-refractivity contribution in [3.05, 3.63) is 12.7 Å². The van der Waals surface area contributed by atoms with Crippen molar-refractivity contribution in [2.45, 2.75) is 24.6 Å². The van der Waals surface area contributed by atoms with Gasteiger partial charge in [-0.25, -0.2) is 0 Å². The van der Waals surface area contributed by atoms with Crippen LogP contribution in [0.25, 0.3) is 0 Å². The number of halogens is 1. The van der Waals surface area contributed by atoms with E-state index in [0.717, 1.165) is 6.42 Å². The molecule has 7 heavy (non-hydrogen) atoms. The summed E-state index contributed by atoms with van der Waals surface area (Å²) in [4.78, 5) is 0.644. The number of hydrogen-bond donors (Lipinski definition) is 0. The van der Waals surface area contributed by atoms with E-state index in [1.165, 1.54) is 6.42 Å². The van der Waals surface area contributed by atoms with Crippen LogP contribution in [0, 0.1) is 0 Å². The number of rotatable bonds is 3. The molecular weight excluding hydrogens is 152 g/mol. The molecular formula is C6H11Br. The topological polar surface area (TPSA) is 0 Å². The van der Waals surface area contributed by atoms with Crippen LogP contribution in [0.3, 0.4) is 0 Å². The van der Waals surface area contributed by atoms with Crippen LogP contribution in [0.4, 0.5) is 0 Å². The summed E-state index contributed by atoms with van der Waals surface area (Å²) in [6.45, 7) is 5.75. The zero-order valence-electron chi connectivity index (χ0n) is 4.65. The van der Waals surface area contributed by atoms with Gasteiger partial charge in [-0.2, -0.15) is 0 Å². The number of hydrogen-bond acceptors (Lipinski definition) is 0. The second kappa shape index (κ2) is 4.38. The first-order valence-corrected chi connectivity index (χ1v) is 3.44. The van der Waals surface area contributed by atoms with Gasteiger partial charge in [0.2, 0.25) is 0 Å². The Bertz CT molecular complexity index is 48.1. The van der Waals surface area contributed by atoms with Crippen LogP contribution < -0.4 is 0 Å². The molecule has 0 N–H and O–H groups in total. The van der Waals surface area contributed by atoms with E-state index < -0.39 is 0 Å². The van der Waals surface area contributed by atoms with Crippen LogP contribution in [0.1, 0.15) is 19.8 Å². The zero-order chi connectivity index (χ0) is 5.70. The molecule has 0 fully saturated rings. The Labute approximate surface area is 53.7 Å². The molecule has 0 bridgehead atoms. The van der Waals surface area contributed by atoms with Crippen molar-refractivity contribution in [1.29, 1.82) is 0 Å². The predicted molar refractivity (Wildman–Crippen MR) is 37.8 cm³/mol. The molecule has 0 heterocycles. The van der Waals surface area contributed by atoms with Crippen molar-refractivity contribution in [3.63, 3.8) is 0 Å². The highest BCUT2D eigenvalue weighted by Crippen LogP contribution is 2.05. The van der Waals surface area contributed by atoms with E-state index in [2.05, 4.69) is 29.4 Å². The van der Waals surface area contributed by atoms with Crippen molar-refractivity contribution >= 4 is 15.9 Å². The minimum Gasteiger partial charge on any atom is -0.103 e. The average Bonchev–Trinajstić information content (AvgIpc) is 1.61. The molecule has 0 aromatic rings. The SMILES string of the molecule is C=CCCC(C)Br. The fourth-order valence-electron chi connectivity index (χ4n) is 0.348. The lowest BCUT2D eigenvalue weighted by atomic mass is 10.2. The van der Waals surface area contributed by atoms with Gasteiger partial charge in [0.25, 0.3) is 0 Å². The third-order valence-electron chi connectivity index (χ3n) is 0.769. The summed E-state index contributed by atoms with van der Waals surface area (Å²) >= 11 is 3.43. The molecule has 1 unspecified atom stereocenters. The summed E-state index contributed by atoms with van der Waals surface area (Å²) in [7, 11) is 0. The number of alkyl halides is 1. The second-order valence-corrected chi connectivity index (χ2v) is 3.21. The van der Waals surface area contributed by atoms with Crippen LogP contribution in [-0.4, -0.2) is 4.83 Å². The van der Waals surface area contributed by atoms with Gasteiger partial charge < -0.3 is 0 Å². The van der Waals surface area contributed by atoms with Gasteiger partial charge in [-0.15, -0.1) is 6.58 Å². The first kappa shape index (κ1) is 7.22. The Kier molecular flexibility index (Phi) is 4.52. The molecule has 0 spiro atoms. The van der Waals surface area contributed by atoms with Gasteiger partial charge in [0.05, 0.1) is 0 Å². The van der Waals surface area contributed by atoms with Crippen molar-refractivity contribution in [2.24, 2.45) is 0 Å². The van der Waals surface area contributed by atoms with Crippen LogP contribution in [0.2, 0.25) is 0 Å². The normalized spacial score (nSPS) is 13.4. The third-order valence-corrected chi connectivity index (χ3v) is 1.23. The maximum absolute atomic E-state index is 3.61. The molecule has 0 saturated heterocycles. The Balaban J connectivity index is 2.81. The summed E-state index contributed by atoms with van der Waals surface area (Å²) in [5, 5.41) is 0. The largest absolute Gasteiger partial charge is 0.103 e. The highest BCUT2D eigenvalue weighted by Gasteiger charge is 1.89. The molecule has 0 radical (unpaired) electrons. The quantitative estimate of drug-likeness (QED) is 0.443. The second-order valence-electron chi connectivity index (χ2n) is 1.65. The third kappa shape index (κ3) is 6.22. The first-order chi connectivity index (χ1) is 3.27. The van der Waals surface area contributed by atoms with E-state index in [-0.39, 0.29) is 0 Å². The molecule has 0 aliphatic rings. The molecule has 0 aromatic carbocycles. The van der Waals surface area contributed by atoms with Crippen molar-refractivity contribution in [1.82, 2.24) is 0 Å². The van der Waals surface area contributed by atoms with Crippen LogP contribution in [0.15, 0.2) is 12.7 Å². The van der Waals surface area contributed by atoms with Crippen molar-refractivity contribution in [3.8, 4) is 0 Å². The predicted octanol–water partition coefficient (Wildman–Crippen LogP) is 2.74. The lowest BCUT2D eigenvalue weighted by Gasteiger charge is -1.94. The maximum atomic E-state index is 3.61. The minimum absolute atomic E-state index is 0.644. The molecule has 0 nitrogen and oxygen atoms in total. The highest BCUT2D eigenvalue weighted by atomic mass is 79.9. The van der Waals surface area contributed by atoms with Crippen molar-refractivity contribution in [2.75, 3.05) is 0 Å². The van der Waals surface area contributed by atoms with E-state index in [9.17, 15) is 0 Å². The molecule has 1 heteroatoms.